The Kier molecular flexibility index (Phi) is 3.97. The standard InChI is InChI=1S/C30H21NO2/c1-3-9-20(10-4-1)31(21-11-5-2-6-12-21)22-15-16-26-24(19-22)30-28(33-26)18-17-27-29(30)23-13-7-8-14-25(23)32-27/h1-5,7-11,13-19H,6,12H2. The maximum absolute atomic E-state index is 6.28. The van der Waals surface area contributed by atoms with Crippen molar-refractivity contribution in [3.05, 3.63) is 109 Å². The van der Waals surface area contributed by atoms with E-state index in [1.807, 2.05) is 24.3 Å². The normalized spacial score (nSPS) is 13.9. The molecule has 0 aliphatic heterocycles. The predicted octanol–water partition coefficient (Wildman–Crippen LogP) is 8.86. The largest absolute Gasteiger partial charge is 0.456 e. The molecular formula is C30H21NO2. The molecular weight excluding hydrogens is 406 g/mol. The van der Waals surface area contributed by atoms with Gasteiger partial charge in [0.25, 0.3) is 0 Å². The number of para-hydroxylation sites is 2. The van der Waals surface area contributed by atoms with Crippen LogP contribution in [0.4, 0.5) is 11.4 Å². The molecule has 3 nitrogen and oxygen atoms in total. The molecule has 158 valence electrons. The van der Waals surface area contributed by atoms with Crippen LogP contribution in [0.2, 0.25) is 0 Å². The average Bonchev–Trinajstić information content (AvgIpc) is 3.43. The van der Waals surface area contributed by atoms with Gasteiger partial charge in [-0.05, 0) is 67.4 Å². The van der Waals surface area contributed by atoms with Gasteiger partial charge in [-0.25, -0.2) is 0 Å². The van der Waals surface area contributed by atoms with Gasteiger partial charge in [0.05, 0.1) is 0 Å². The molecule has 0 amide bonds. The monoisotopic (exact) mass is 427 g/mol. The van der Waals surface area contributed by atoms with Crippen molar-refractivity contribution in [2.75, 3.05) is 4.90 Å². The molecule has 0 spiro atoms. The molecule has 0 saturated heterocycles. The molecule has 0 radical (unpaired) electrons. The second-order valence-electron chi connectivity index (χ2n) is 8.49. The molecule has 0 atom stereocenters. The maximum atomic E-state index is 6.28. The van der Waals surface area contributed by atoms with Gasteiger partial charge in [0.1, 0.15) is 22.3 Å². The van der Waals surface area contributed by atoms with Crippen molar-refractivity contribution in [3.63, 3.8) is 0 Å². The summed E-state index contributed by atoms with van der Waals surface area (Å²) in [5.74, 6) is 0. The molecule has 4 aromatic carbocycles. The molecule has 1 aliphatic carbocycles. The van der Waals surface area contributed by atoms with Gasteiger partial charge in [-0.1, -0.05) is 48.6 Å². The molecule has 2 heterocycles. The van der Waals surface area contributed by atoms with Crippen LogP contribution in [0.1, 0.15) is 12.8 Å². The lowest BCUT2D eigenvalue weighted by Crippen LogP contribution is -2.17. The Bertz CT molecular complexity index is 1720. The van der Waals surface area contributed by atoms with Crippen LogP contribution in [0.5, 0.6) is 0 Å². The van der Waals surface area contributed by atoms with Gasteiger partial charge in [-0.2, -0.15) is 0 Å². The van der Waals surface area contributed by atoms with E-state index in [1.54, 1.807) is 0 Å². The van der Waals surface area contributed by atoms with Crippen LogP contribution in [0.3, 0.4) is 0 Å². The van der Waals surface area contributed by atoms with Crippen LogP contribution >= 0.6 is 0 Å². The Hall–Kier alpha value is -4.24. The number of furan rings is 2. The van der Waals surface area contributed by atoms with Gasteiger partial charge < -0.3 is 13.7 Å². The first-order valence-corrected chi connectivity index (χ1v) is 11.3. The lowest BCUT2D eigenvalue weighted by Gasteiger charge is -2.28. The Balaban J connectivity index is 1.53. The van der Waals surface area contributed by atoms with E-state index in [1.165, 1.54) is 5.70 Å². The van der Waals surface area contributed by atoms with Crippen molar-refractivity contribution in [2.45, 2.75) is 12.8 Å². The van der Waals surface area contributed by atoms with Crippen LogP contribution in [-0.4, -0.2) is 0 Å². The highest BCUT2D eigenvalue weighted by atomic mass is 16.3. The van der Waals surface area contributed by atoms with Gasteiger partial charge in [0, 0.05) is 38.6 Å². The number of nitrogens with zero attached hydrogens (tertiary/aromatic N) is 1. The van der Waals surface area contributed by atoms with Crippen LogP contribution in [0.25, 0.3) is 43.9 Å². The van der Waals surface area contributed by atoms with Crippen molar-refractivity contribution >= 4 is 55.3 Å². The minimum Gasteiger partial charge on any atom is -0.456 e. The van der Waals surface area contributed by atoms with E-state index < -0.39 is 0 Å². The summed E-state index contributed by atoms with van der Waals surface area (Å²) >= 11 is 0. The Morgan fingerprint density at radius 2 is 1.30 bits per heavy atom. The Labute approximate surface area is 190 Å². The number of hydrogen-bond donors (Lipinski definition) is 0. The van der Waals surface area contributed by atoms with Gasteiger partial charge in [-0.15, -0.1) is 0 Å². The molecule has 33 heavy (non-hydrogen) atoms. The number of fused-ring (bicyclic) bond motifs is 7. The first-order chi connectivity index (χ1) is 16.4. The summed E-state index contributed by atoms with van der Waals surface area (Å²) in [6, 6.07) is 29.3. The van der Waals surface area contributed by atoms with E-state index in [0.29, 0.717) is 0 Å². The molecule has 0 bridgehead atoms. The molecule has 1 aliphatic rings. The Morgan fingerprint density at radius 1 is 0.606 bits per heavy atom. The third-order valence-electron chi connectivity index (χ3n) is 6.51. The molecule has 0 saturated carbocycles. The molecule has 2 aromatic heterocycles. The van der Waals surface area contributed by atoms with E-state index in [4.69, 9.17) is 8.83 Å². The second kappa shape index (κ2) is 7.14. The number of allylic oxidation sites excluding steroid dienone is 4. The van der Waals surface area contributed by atoms with E-state index in [-0.39, 0.29) is 0 Å². The first-order valence-electron chi connectivity index (χ1n) is 11.3. The third-order valence-corrected chi connectivity index (χ3v) is 6.51. The molecule has 6 aromatic rings. The van der Waals surface area contributed by atoms with Crippen molar-refractivity contribution < 1.29 is 8.83 Å². The van der Waals surface area contributed by atoms with Crippen molar-refractivity contribution in [1.82, 2.24) is 0 Å². The molecule has 3 heteroatoms. The van der Waals surface area contributed by atoms with Crippen LogP contribution in [0.15, 0.2) is 118 Å². The summed E-state index contributed by atoms with van der Waals surface area (Å²) in [6.45, 7) is 0. The van der Waals surface area contributed by atoms with E-state index >= 15 is 0 Å². The van der Waals surface area contributed by atoms with E-state index in [9.17, 15) is 0 Å². The van der Waals surface area contributed by atoms with E-state index in [0.717, 1.165) is 68.1 Å². The Morgan fingerprint density at radius 3 is 2.09 bits per heavy atom. The summed E-state index contributed by atoms with van der Waals surface area (Å²) in [5.41, 5.74) is 7.12. The third kappa shape index (κ3) is 2.82. The summed E-state index contributed by atoms with van der Waals surface area (Å²) in [6.07, 6.45) is 8.65. The fourth-order valence-electron chi connectivity index (χ4n) is 5.04. The minimum absolute atomic E-state index is 0.882. The second-order valence-corrected chi connectivity index (χ2v) is 8.49. The highest BCUT2D eigenvalue weighted by Gasteiger charge is 2.19. The van der Waals surface area contributed by atoms with Crippen molar-refractivity contribution in [3.8, 4) is 0 Å². The zero-order valence-electron chi connectivity index (χ0n) is 18.0. The first kappa shape index (κ1) is 18.3. The molecule has 0 fully saturated rings. The maximum Gasteiger partial charge on any atom is 0.136 e. The average molecular weight is 428 g/mol. The van der Waals surface area contributed by atoms with Gasteiger partial charge in [0.15, 0.2) is 0 Å². The topological polar surface area (TPSA) is 29.5 Å². The number of hydrogen-bond acceptors (Lipinski definition) is 3. The van der Waals surface area contributed by atoms with E-state index in [2.05, 4.69) is 83.8 Å². The number of rotatable bonds is 3. The van der Waals surface area contributed by atoms with Crippen LogP contribution in [-0.2, 0) is 0 Å². The van der Waals surface area contributed by atoms with Crippen LogP contribution in [0, 0.1) is 0 Å². The number of benzene rings is 4. The van der Waals surface area contributed by atoms with Crippen LogP contribution < -0.4 is 4.90 Å². The van der Waals surface area contributed by atoms with Gasteiger partial charge in [-0.3, -0.25) is 0 Å². The molecule has 0 N–H and O–H groups in total. The summed E-state index contributed by atoms with van der Waals surface area (Å²) in [7, 11) is 0. The van der Waals surface area contributed by atoms with Crippen molar-refractivity contribution in [1.29, 1.82) is 0 Å². The molecule has 0 unspecified atom stereocenters. The minimum atomic E-state index is 0.882. The SMILES string of the molecule is C1=CCCC(N(c2ccccc2)c2ccc3oc4ccc5oc6ccccc6c5c4c3c2)=C1. The van der Waals surface area contributed by atoms with Gasteiger partial charge in [0.2, 0.25) is 0 Å². The summed E-state index contributed by atoms with van der Waals surface area (Å²) in [5, 5.41) is 4.45. The highest BCUT2D eigenvalue weighted by molar-refractivity contribution is 6.26. The van der Waals surface area contributed by atoms with Gasteiger partial charge >= 0.3 is 0 Å². The zero-order valence-corrected chi connectivity index (χ0v) is 18.0. The molecule has 7 rings (SSSR count). The predicted molar refractivity (Wildman–Crippen MR) is 136 cm³/mol. The highest BCUT2D eigenvalue weighted by Crippen LogP contribution is 2.42. The lowest BCUT2D eigenvalue weighted by atomic mass is 10.0. The smallest absolute Gasteiger partial charge is 0.136 e. The fraction of sp³-hybridized carbons (Fsp3) is 0.0667. The lowest BCUT2D eigenvalue weighted by molar-refractivity contribution is 0.663. The van der Waals surface area contributed by atoms with Crippen molar-refractivity contribution in [2.24, 2.45) is 0 Å². The fourth-order valence-corrected chi connectivity index (χ4v) is 5.04. The summed E-state index contributed by atoms with van der Waals surface area (Å²) in [4.78, 5) is 2.36. The number of anilines is 2. The summed E-state index contributed by atoms with van der Waals surface area (Å²) < 4.78 is 12.4. The quantitative estimate of drug-likeness (QED) is 0.282. The zero-order chi connectivity index (χ0) is 21.8.